The molecule has 1 aliphatic heterocycles. The van der Waals surface area contributed by atoms with Crippen molar-refractivity contribution in [1.29, 1.82) is 0 Å². The van der Waals surface area contributed by atoms with Crippen LogP contribution in [0.3, 0.4) is 0 Å². The number of fused-ring (bicyclic) bond motifs is 1. The molecule has 0 unspecified atom stereocenters. The topological polar surface area (TPSA) is 102 Å². The van der Waals surface area contributed by atoms with Crippen LogP contribution in [0.4, 0.5) is 10.2 Å². The summed E-state index contributed by atoms with van der Waals surface area (Å²) in [6, 6.07) is 8.20. The summed E-state index contributed by atoms with van der Waals surface area (Å²) in [5, 5.41) is 6.01. The van der Waals surface area contributed by atoms with E-state index in [1.165, 1.54) is 16.7 Å². The Bertz CT molecular complexity index is 1260. The van der Waals surface area contributed by atoms with Crippen LogP contribution in [0.15, 0.2) is 41.3 Å². The summed E-state index contributed by atoms with van der Waals surface area (Å²) < 4.78 is 15.2. The van der Waals surface area contributed by atoms with Crippen molar-refractivity contribution < 1.29 is 9.18 Å². The molecule has 178 valence electrons. The second-order valence-electron chi connectivity index (χ2n) is 8.95. The number of carbonyl (C=O) groups excluding carboxylic acids is 1. The highest BCUT2D eigenvalue weighted by molar-refractivity contribution is 5.81. The Kier molecular flexibility index (Phi) is 6.79. The number of hydrogen-bond donors (Lipinski definition) is 3. The fraction of sp³-hybridized carbons (Fsp3) is 0.346. The summed E-state index contributed by atoms with van der Waals surface area (Å²) in [6.45, 7) is 6.94. The zero-order chi connectivity index (χ0) is 24.4. The molecule has 8 heteroatoms. The summed E-state index contributed by atoms with van der Waals surface area (Å²) in [4.78, 5) is 30.5. The van der Waals surface area contributed by atoms with Crippen LogP contribution in [0.1, 0.15) is 51.5 Å². The van der Waals surface area contributed by atoms with E-state index in [4.69, 9.17) is 5.73 Å². The zero-order valence-electron chi connectivity index (χ0n) is 19.7. The highest BCUT2D eigenvalue weighted by Gasteiger charge is 2.30. The van der Waals surface area contributed by atoms with E-state index in [2.05, 4.69) is 15.6 Å². The maximum atomic E-state index is 13.7. The van der Waals surface area contributed by atoms with E-state index >= 15 is 0 Å². The van der Waals surface area contributed by atoms with Crippen LogP contribution in [-0.2, 0) is 30.8 Å². The predicted octanol–water partition coefficient (Wildman–Crippen LogP) is 3.18. The van der Waals surface area contributed by atoms with Gasteiger partial charge < -0.3 is 16.4 Å². The Morgan fingerprint density at radius 1 is 1.12 bits per heavy atom. The number of benzene rings is 2. The van der Waals surface area contributed by atoms with Crippen molar-refractivity contribution in [1.82, 2.24) is 14.9 Å². The molecule has 1 aliphatic rings. The molecule has 4 rings (SSSR count). The first kappa shape index (κ1) is 23.6. The molecule has 1 aromatic heterocycles. The van der Waals surface area contributed by atoms with Gasteiger partial charge in [0.15, 0.2) is 5.82 Å². The van der Waals surface area contributed by atoms with Gasteiger partial charge in [-0.05, 0) is 79.1 Å². The second kappa shape index (κ2) is 9.77. The van der Waals surface area contributed by atoms with E-state index in [1.807, 2.05) is 39.0 Å². The van der Waals surface area contributed by atoms with Gasteiger partial charge in [0.2, 0.25) is 5.91 Å². The molecule has 34 heavy (non-hydrogen) atoms. The predicted molar refractivity (Wildman–Crippen MR) is 130 cm³/mol. The lowest BCUT2D eigenvalue weighted by Crippen LogP contribution is -2.36. The van der Waals surface area contributed by atoms with Crippen LogP contribution in [0.25, 0.3) is 0 Å². The summed E-state index contributed by atoms with van der Waals surface area (Å²) in [6.07, 6.45) is 2.78. The average Bonchev–Trinajstić information content (AvgIpc) is 3.22. The molecule has 1 amide bonds. The summed E-state index contributed by atoms with van der Waals surface area (Å²) in [5.74, 6) is -0.370. The van der Waals surface area contributed by atoms with Crippen molar-refractivity contribution in [2.24, 2.45) is 5.73 Å². The van der Waals surface area contributed by atoms with E-state index in [9.17, 15) is 14.0 Å². The number of aryl methyl sites for hydroxylation is 4. The van der Waals surface area contributed by atoms with Crippen LogP contribution in [0, 0.1) is 26.6 Å². The van der Waals surface area contributed by atoms with Crippen molar-refractivity contribution in [3.05, 3.63) is 91.8 Å². The van der Waals surface area contributed by atoms with E-state index in [0.29, 0.717) is 31.5 Å². The van der Waals surface area contributed by atoms with E-state index in [0.717, 1.165) is 33.5 Å². The van der Waals surface area contributed by atoms with Crippen LogP contribution in [-0.4, -0.2) is 15.5 Å². The van der Waals surface area contributed by atoms with E-state index in [1.54, 1.807) is 6.20 Å². The Hall–Kier alpha value is -3.52. The summed E-state index contributed by atoms with van der Waals surface area (Å²) in [5.41, 5.74) is 11.9. The van der Waals surface area contributed by atoms with Gasteiger partial charge in [-0.3, -0.25) is 14.2 Å². The van der Waals surface area contributed by atoms with Gasteiger partial charge >= 0.3 is 0 Å². The first-order valence-electron chi connectivity index (χ1n) is 11.4. The molecular formula is C26H30FN5O2. The normalized spacial score (nSPS) is 14.7. The molecule has 2 aromatic carbocycles. The third-order valence-corrected chi connectivity index (χ3v) is 6.35. The lowest BCUT2D eigenvalue weighted by molar-refractivity contribution is -0.124. The molecule has 0 fully saturated rings. The first-order chi connectivity index (χ1) is 16.3. The fourth-order valence-corrected chi connectivity index (χ4v) is 4.68. The second-order valence-corrected chi connectivity index (χ2v) is 8.95. The molecule has 7 nitrogen and oxygen atoms in total. The number of hydrogen-bond acceptors (Lipinski definition) is 5. The highest BCUT2D eigenvalue weighted by atomic mass is 19.1. The minimum atomic E-state index is -0.591. The van der Waals surface area contributed by atoms with Gasteiger partial charge in [0.05, 0.1) is 0 Å². The number of amides is 1. The third-order valence-electron chi connectivity index (χ3n) is 6.35. The largest absolute Gasteiger partial charge is 0.361 e. The zero-order valence-corrected chi connectivity index (χ0v) is 19.7. The quantitative estimate of drug-likeness (QED) is 0.500. The van der Waals surface area contributed by atoms with Crippen molar-refractivity contribution >= 4 is 11.7 Å². The summed E-state index contributed by atoms with van der Waals surface area (Å²) >= 11 is 0. The number of carbonyl (C=O) groups is 1. The van der Waals surface area contributed by atoms with E-state index < -0.39 is 6.04 Å². The Morgan fingerprint density at radius 2 is 1.85 bits per heavy atom. The minimum absolute atomic E-state index is 0.148. The monoisotopic (exact) mass is 463 g/mol. The van der Waals surface area contributed by atoms with Crippen molar-refractivity contribution in [3.63, 3.8) is 0 Å². The van der Waals surface area contributed by atoms with Gasteiger partial charge in [-0.15, -0.1) is 0 Å². The van der Waals surface area contributed by atoms with Crippen LogP contribution in [0.2, 0.25) is 0 Å². The van der Waals surface area contributed by atoms with Crippen molar-refractivity contribution in [3.8, 4) is 0 Å². The van der Waals surface area contributed by atoms with Gasteiger partial charge in [0, 0.05) is 31.5 Å². The number of halogens is 1. The molecule has 1 atom stereocenters. The number of nitrogens with one attached hydrogen (secondary N) is 2. The molecule has 0 bridgehead atoms. The van der Waals surface area contributed by atoms with Crippen molar-refractivity contribution in [2.45, 2.75) is 59.3 Å². The maximum Gasteiger partial charge on any atom is 0.294 e. The molecule has 0 radical (unpaired) electrons. The molecule has 0 saturated heterocycles. The molecular weight excluding hydrogens is 433 g/mol. The lowest BCUT2D eigenvalue weighted by atomic mass is 9.99. The van der Waals surface area contributed by atoms with Gasteiger partial charge in [0.1, 0.15) is 11.9 Å². The standard InChI is InChI=1S/C26H30FN5O2/c1-15-6-19(10-20(27)7-15)12-29-24-26(34)32-21(13-30-24)4-5-23(32)25(33)31-14-22-16(2)8-18(11-28)9-17(22)3/h6-10,13,23H,4-5,11-12,14,28H2,1-3H3,(H,29,30)(H,31,33)/t23-/m0/s1. The first-order valence-corrected chi connectivity index (χ1v) is 11.4. The SMILES string of the molecule is Cc1cc(F)cc(CNc2ncc3n(c2=O)[C@H](C(=O)NCc2c(C)cc(CN)cc2C)CC3)c1. The van der Waals surface area contributed by atoms with Crippen LogP contribution in [0.5, 0.6) is 0 Å². The van der Waals surface area contributed by atoms with Crippen molar-refractivity contribution in [2.75, 3.05) is 5.32 Å². The van der Waals surface area contributed by atoms with Crippen LogP contribution >= 0.6 is 0 Å². The molecule has 3 aromatic rings. The molecule has 2 heterocycles. The van der Waals surface area contributed by atoms with Crippen LogP contribution < -0.4 is 21.9 Å². The number of rotatable bonds is 7. The number of aromatic nitrogens is 2. The third kappa shape index (κ3) is 4.87. The molecule has 0 spiro atoms. The molecule has 4 N–H and O–H groups in total. The Balaban J connectivity index is 1.49. The minimum Gasteiger partial charge on any atom is -0.361 e. The van der Waals surface area contributed by atoms with Gasteiger partial charge in [0.25, 0.3) is 5.56 Å². The lowest BCUT2D eigenvalue weighted by Gasteiger charge is -2.18. The summed E-state index contributed by atoms with van der Waals surface area (Å²) in [7, 11) is 0. The molecule has 0 saturated carbocycles. The van der Waals surface area contributed by atoms with Gasteiger partial charge in [-0.2, -0.15) is 0 Å². The average molecular weight is 464 g/mol. The maximum absolute atomic E-state index is 13.7. The number of anilines is 1. The molecule has 0 aliphatic carbocycles. The highest BCUT2D eigenvalue weighted by Crippen LogP contribution is 2.25. The number of nitrogens with two attached hydrogens (primary N) is 1. The van der Waals surface area contributed by atoms with E-state index in [-0.39, 0.29) is 29.6 Å². The smallest absolute Gasteiger partial charge is 0.294 e. The van der Waals surface area contributed by atoms with Gasteiger partial charge in [-0.1, -0.05) is 18.2 Å². The number of nitrogens with zero attached hydrogens (tertiary/aromatic N) is 2. The Morgan fingerprint density at radius 3 is 2.53 bits per heavy atom. The fourth-order valence-electron chi connectivity index (χ4n) is 4.68. The van der Waals surface area contributed by atoms with Gasteiger partial charge in [-0.25, -0.2) is 9.37 Å². The Labute approximate surface area is 198 Å².